The number of nitrogens with one attached hydrogen (secondary N) is 1. The van der Waals surface area contributed by atoms with Gasteiger partial charge in [0.15, 0.2) is 5.65 Å². The van der Waals surface area contributed by atoms with Gasteiger partial charge in [0.25, 0.3) is 15.7 Å². The average molecular weight is 326 g/mol. The molecule has 1 atom stereocenters. The van der Waals surface area contributed by atoms with E-state index < -0.39 is 21.8 Å². The zero-order chi connectivity index (χ0) is 15.9. The summed E-state index contributed by atoms with van der Waals surface area (Å²) in [6.45, 7) is 1.59. The fourth-order valence-corrected chi connectivity index (χ4v) is 3.79. The molecule has 2 aromatic heterocycles. The molecule has 8 nitrogen and oxygen atoms in total. The van der Waals surface area contributed by atoms with E-state index in [2.05, 4.69) is 15.1 Å². The number of aromatic amines is 1. The van der Waals surface area contributed by atoms with Crippen molar-refractivity contribution in [3.05, 3.63) is 22.4 Å². The minimum Gasteiger partial charge on any atom is -0.310 e. The molecular weight excluding hydrogens is 308 g/mol. The standard InChI is InChI=1S/C13H18N4O4S/c1-8(7-22(19,20)21)11-15-12-10(13(18)16-11)6-14-17(12)9-4-2-3-5-9/h6,8-9H,2-5,7H2,1H3,(H,15,16,18)(H,19,20,21). The van der Waals surface area contributed by atoms with Crippen molar-refractivity contribution in [2.24, 2.45) is 0 Å². The van der Waals surface area contributed by atoms with Crippen LogP contribution in [0, 0.1) is 0 Å². The molecule has 0 bridgehead atoms. The summed E-state index contributed by atoms with van der Waals surface area (Å²) in [5, 5.41) is 4.68. The summed E-state index contributed by atoms with van der Waals surface area (Å²) in [7, 11) is -4.13. The second-order valence-corrected chi connectivity index (χ2v) is 7.36. The van der Waals surface area contributed by atoms with Crippen LogP contribution in [0.5, 0.6) is 0 Å². The summed E-state index contributed by atoms with van der Waals surface area (Å²) in [5.41, 5.74) is 0.138. The van der Waals surface area contributed by atoms with Gasteiger partial charge >= 0.3 is 0 Å². The van der Waals surface area contributed by atoms with E-state index in [-0.39, 0.29) is 17.4 Å². The van der Waals surface area contributed by atoms with Crippen molar-refractivity contribution in [3.8, 4) is 0 Å². The number of nitrogens with zero attached hydrogens (tertiary/aromatic N) is 3. The number of aromatic nitrogens is 4. The lowest BCUT2D eigenvalue weighted by Crippen LogP contribution is -2.19. The number of H-pyrrole nitrogens is 1. The molecule has 2 N–H and O–H groups in total. The van der Waals surface area contributed by atoms with E-state index in [1.807, 2.05) is 0 Å². The molecule has 1 saturated carbocycles. The van der Waals surface area contributed by atoms with Crippen LogP contribution in [0.3, 0.4) is 0 Å². The molecule has 1 aliphatic rings. The Bertz CT molecular complexity index is 849. The number of rotatable bonds is 4. The van der Waals surface area contributed by atoms with E-state index in [1.54, 1.807) is 11.6 Å². The third-order valence-electron chi connectivity index (χ3n) is 4.08. The minimum atomic E-state index is -4.13. The van der Waals surface area contributed by atoms with Gasteiger partial charge in [0.2, 0.25) is 0 Å². The highest BCUT2D eigenvalue weighted by atomic mass is 32.2. The van der Waals surface area contributed by atoms with Crippen LogP contribution < -0.4 is 5.56 Å². The molecule has 0 spiro atoms. The van der Waals surface area contributed by atoms with E-state index in [0.717, 1.165) is 25.7 Å². The Kier molecular flexibility index (Phi) is 3.77. The van der Waals surface area contributed by atoms with E-state index in [1.165, 1.54) is 6.20 Å². The Hall–Kier alpha value is -1.74. The van der Waals surface area contributed by atoms with Gasteiger partial charge in [-0.3, -0.25) is 9.35 Å². The van der Waals surface area contributed by atoms with Gasteiger partial charge in [-0.1, -0.05) is 19.8 Å². The lowest BCUT2D eigenvalue weighted by Gasteiger charge is -2.12. The zero-order valence-electron chi connectivity index (χ0n) is 12.2. The second kappa shape index (κ2) is 5.47. The average Bonchev–Trinajstić information content (AvgIpc) is 3.04. The maximum atomic E-state index is 12.1. The van der Waals surface area contributed by atoms with Gasteiger partial charge in [-0.05, 0) is 12.8 Å². The number of fused-ring (bicyclic) bond motifs is 1. The Balaban J connectivity index is 2.06. The summed E-state index contributed by atoms with van der Waals surface area (Å²) >= 11 is 0. The molecule has 0 aliphatic heterocycles. The van der Waals surface area contributed by atoms with Crippen molar-refractivity contribution in [1.82, 2.24) is 19.7 Å². The van der Waals surface area contributed by atoms with Gasteiger partial charge in [-0.2, -0.15) is 13.5 Å². The van der Waals surface area contributed by atoms with E-state index in [0.29, 0.717) is 11.0 Å². The molecule has 1 unspecified atom stereocenters. The molecule has 120 valence electrons. The van der Waals surface area contributed by atoms with Gasteiger partial charge in [-0.25, -0.2) is 9.67 Å². The first-order valence-corrected chi connectivity index (χ1v) is 8.88. The van der Waals surface area contributed by atoms with Crippen molar-refractivity contribution < 1.29 is 13.0 Å². The first-order chi connectivity index (χ1) is 10.3. The zero-order valence-corrected chi connectivity index (χ0v) is 13.0. The summed E-state index contributed by atoms with van der Waals surface area (Å²) in [6.07, 6.45) is 5.75. The first-order valence-electron chi connectivity index (χ1n) is 7.28. The normalized spacial score (nSPS) is 18.1. The molecule has 22 heavy (non-hydrogen) atoms. The Labute approximate surface area is 127 Å². The molecule has 2 heterocycles. The fraction of sp³-hybridized carbons (Fsp3) is 0.615. The summed E-state index contributed by atoms with van der Waals surface area (Å²) in [4.78, 5) is 19.1. The van der Waals surface area contributed by atoms with Crippen LogP contribution in [0.4, 0.5) is 0 Å². The summed E-state index contributed by atoms with van der Waals surface area (Å²) in [5.74, 6) is -0.854. The van der Waals surface area contributed by atoms with E-state index in [9.17, 15) is 13.2 Å². The summed E-state index contributed by atoms with van der Waals surface area (Å²) in [6, 6.07) is 0.233. The van der Waals surface area contributed by atoms with Crippen molar-refractivity contribution >= 4 is 21.2 Å². The van der Waals surface area contributed by atoms with Crippen molar-refractivity contribution in [3.63, 3.8) is 0 Å². The molecule has 2 aromatic rings. The quantitative estimate of drug-likeness (QED) is 0.816. The van der Waals surface area contributed by atoms with Crippen LogP contribution in [0.1, 0.15) is 50.4 Å². The van der Waals surface area contributed by atoms with Gasteiger partial charge in [0.1, 0.15) is 11.2 Å². The molecular formula is C13H18N4O4S. The van der Waals surface area contributed by atoms with Crippen LogP contribution in [-0.4, -0.2) is 38.5 Å². The predicted molar refractivity (Wildman–Crippen MR) is 80.5 cm³/mol. The van der Waals surface area contributed by atoms with Crippen molar-refractivity contribution in [2.45, 2.75) is 44.6 Å². The lowest BCUT2D eigenvalue weighted by atomic mass is 10.2. The molecule has 1 aliphatic carbocycles. The SMILES string of the molecule is CC(CS(=O)(=O)O)c1nc2c(cnn2C2CCCC2)c(=O)[nH]1. The van der Waals surface area contributed by atoms with Gasteiger partial charge in [0, 0.05) is 5.92 Å². The smallest absolute Gasteiger partial charge is 0.265 e. The third-order valence-corrected chi connectivity index (χ3v) is 5.00. The molecule has 0 radical (unpaired) electrons. The van der Waals surface area contributed by atoms with E-state index in [4.69, 9.17) is 4.55 Å². The molecule has 0 amide bonds. The predicted octanol–water partition coefficient (Wildman–Crippen LogP) is 1.23. The molecule has 0 aromatic carbocycles. The molecule has 9 heteroatoms. The van der Waals surface area contributed by atoms with Crippen molar-refractivity contribution in [1.29, 1.82) is 0 Å². The highest BCUT2D eigenvalue weighted by molar-refractivity contribution is 7.85. The van der Waals surface area contributed by atoms with Gasteiger partial charge in [-0.15, -0.1) is 0 Å². The Morgan fingerprint density at radius 3 is 2.77 bits per heavy atom. The first kappa shape index (κ1) is 15.2. The van der Waals surface area contributed by atoms with Gasteiger partial charge < -0.3 is 4.98 Å². The highest BCUT2D eigenvalue weighted by Crippen LogP contribution is 2.30. The largest absolute Gasteiger partial charge is 0.310 e. The third kappa shape index (κ3) is 2.91. The number of hydrogen-bond donors (Lipinski definition) is 2. The topological polar surface area (TPSA) is 118 Å². The van der Waals surface area contributed by atoms with Crippen LogP contribution >= 0.6 is 0 Å². The minimum absolute atomic E-state index is 0.233. The lowest BCUT2D eigenvalue weighted by molar-refractivity contribution is 0.474. The van der Waals surface area contributed by atoms with Crippen LogP contribution in [-0.2, 0) is 10.1 Å². The van der Waals surface area contributed by atoms with Gasteiger partial charge in [0.05, 0.1) is 18.0 Å². The fourth-order valence-electron chi connectivity index (χ4n) is 3.00. The van der Waals surface area contributed by atoms with Crippen LogP contribution in [0.2, 0.25) is 0 Å². The molecule has 0 saturated heterocycles. The summed E-state index contributed by atoms with van der Waals surface area (Å²) < 4.78 is 32.7. The monoisotopic (exact) mass is 326 g/mol. The highest BCUT2D eigenvalue weighted by Gasteiger charge is 2.23. The maximum absolute atomic E-state index is 12.1. The Morgan fingerprint density at radius 2 is 2.14 bits per heavy atom. The van der Waals surface area contributed by atoms with E-state index >= 15 is 0 Å². The molecule has 3 rings (SSSR count). The van der Waals surface area contributed by atoms with Crippen LogP contribution in [0.15, 0.2) is 11.0 Å². The molecule has 1 fully saturated rings. The van der Waals surface area contributed by atoms with Crippen LogP contribution in [0.25, 0.3) is 11.0 Å². The van der Waals surface area contributed by atoms with Crippen molar-refractivity contribution in [2.75, 3.05) is 5.75 Å². The maximum Gasteiger partial charge on any atom is 0.265 e. The number of hydrogen-bond acceptors (Lipinski definition) is 5. The Morgan fingerprint density at radius 1 is 1.45 bits per heavy atom. The second-order valence-electron chi connectivity index (χ2n) is 5.87.